The first-order valence-electron chi connectivity index (χ1n) is 3.96. The van der Waals surface area contributed by atoms with Gasteiger partial charge in [0.15, 0.2) is 0 Å². The van der Waals surface area contributed by atoms with Gasteiger partial charge in [-0.15, -0.1) is 0 Å². The first-order chi connectivity index (χ1) is 5.36. The van der Waals surface area contributed by atoms with Crippen molar-refractivity contribution in [3.8, 4) is 0 Å². The van der Waals surface area contributed by atoms with Crippen LogP contribution < -0.4 is 5.73 Å². The minimum atomic E-state index is 0.281. The van der Waals surface area contributed by atoms with E-state index in [1.54, 1.807) is 0 Å². The smallest absolute Gasteiger partial charge is 0.137 e. The molecule has 0 saturated heterocycles. The Kier molecular flexibility index (Phi) is 1.62. The van der Waals surface area contributed by atoms with Gasteiger partial charge in [-0.05, 0) is 18.8 Å². The monoisotopic (exact) mass is 152 g/mol. The lowest BCUT2D eigenvalue weighted by molar-refractivity contribution is 0.576. The van der Waals surface area contributed by atoms with Crippen LogP contribution in [0.15, 0.2) is 6.33 Å². The van der Waals surface area contributed by atoms with Crippen LogP contribution in [0.3, 0.4) is 0 Å². The summed E-state index contributed by atoms with van der Waals surface area (Å²) in [5, 5.41) is 6.57. The Labute approximate surface area is 65.2 Å². The molecular weight excluding hydrogens is 140 g/mol. The number of rotatable bonds is 3. The van der Waals surface area contributed by atoms with E-state index in [-0.39, 0.29) is 6.04 Å². The molecule has 1 aliphatic rings. The summed E-state index contributed by atoms with van der Waals surface area (Å²) in [5.74, 6) is 1.64. The van der Waals surface area contributed by atoms with E-state index >= 15 is 0 Å². The van der Waals surface area contributed by atoms with Crippen LogP contribution in [0.2, 0.25) is 0 Å². The molecule has 0 amide bonds. The summed E-state index contributed by atoms with van der Waals surface area (Å²) >= 11 is 0. The molecule has 0 radical (unpaired) electrons. The van der Waals surface area contributed by atoms with Crippen molar-refractivity contribution in [2.75, 3.05) is 0 Å². The van der Waals surface area contributed by atoms with Crippen LogP contribution in [-0.4, -0.2) is 21.2 Å². The molecule has 1 fully saturated rings. The highest BCUT2D eigenvalue weighted by molar-refractivity contribution is 4.92. The maximum Gasteiger partial charge on any atom is 0.137 e. The Balaban J connectivity index is 1.89. The molecule has 4 heteroatoms. The Bertz CT molecular complexity index is 214. The van der Waals surface area contributed by atoms with E-state index in [9.17, 15) is 0 Å². The van der Waals surface area contributed by atoms with E-state index in [1.165, 1.54) is 19.2 Å². The number of nitrogens with one attached hydrogen (secondary N) is 1. The van der Waals surface area contributed by atoms with Gasteiger partial charge in [-0.1, -0.05) is 0 Å². The lowest BCUT2D eigenvalue weighted by Gasteiger charge is -2.05. The van der Waals surface area contributed by atoms with E-state index in [0.29, 0.717) is 0 Å². The Morgan fingerprint density at radius 2 is 2.55 bits per heavy atom. The van der Waals surface area contributed by atoms with Crippen molar-refractivity contribution in [3.05, 3.63) is 12.2 Å². The molecule has 1 unspecified atom stereocenters. The number of nitrogens with two attached hydrogens (primary N) is 1. The van der Waals surface area contributed by atoms with E-state index in [4.69, 9.17) is 5.73 Å². The quantitative estimate of drug-likeness (QED) is 0.644. The van der Waals surface area contributed by atoms with Crippen LogP contribution in [-0.2, 0) is 6.42 Å². The third-order valence-corrected chi connectivity index (χ3v) is 2.12. The number of hydrogen-bond acceptors (Lipinski definition) is 3. The normalized spacial score (nSPS) is 20.1. The van der Waals surface area contributed by atoms with Crippen LogP contribution in [0.4, 0.5) is 0 Å². The average molecular weight is 152 g/mol. The zero-order valence-electron chi connectivity index (χ0n) is 6.33. The Morgan fingerprint density at radius 3 is 3.09 bits per heavy atom. The highest BCUT2D eigenvalue weighted by Crippen LogP contribution is 2.32. The summed E-state index contributed by atoms with van der Waals surface area (Å²) in [4.78, 5) is 4.02. The van der Waals surface area contributed by atoms with E-state index in [2.05, 4.69) is 15.2 Å². The SMILES string of the molecule is NC(Cc1ncn[nH]1)C1CC1. The summed E-state index contributed by atoms with van der Waals surface area (Å²) in [5.41, 5.74) is 5.88. The zero-order valence-corrected chi connectivity index (χ0v) is 6.33. The molecule has 1 atom stereocenters. The van der Waals surface area contributed by atoms with Gasteiger partial charge in [0.25, 0.3) is 0 Å². The number of hydrogen-bond donors (Lipinski definition) is 2. The van der Waals surface area contributed by atoms with Crippen molar-refractivity contribution in [2.24, 2.45) is 11.7 Å². The van der Waals surface area contributed by atoms with Gasteiger partial charge in [-0.25, -0.2) is 4.98 Å². The molecule has 1 saturated carbocycles. The first kappa shape index (κ1) is 6.79. The molecule has 4 nitrogen and oxygen atoms in total. The fraction of sp³-hybridized carbons (Fsp3) is 0.714. The van der Waals surface area contributed by atoms with Crippen LogP contribution in [0.1, 0.15) is 18.7 Å². The number of aromatic nitrogens is 3. The third-order valence-electron chi connectivity index (χ3n) is 2.12. The van der Waals surface area contributed by atoms with Gasteiger partial charge in [-0.2, -0.15) is 5.10 Å². The molecule has 2 rings (SSSR count). The predicted molar refractivity (Wildman–Crippen MR) is 40.8 cm³/mol. The lowest BCUT2D eigenvalue weighted by Crippen LogP contribution is -2.25. The van der Waals surface area contributed by atoms with Gasteiger partial charge in [0.1, 0.15) is 12.2 Å². The average Bonchev–Trinajstić information content (AvgIpc) is 2.73. The maximum absolute atomic E-state index is 5.88. The topological polar surface area (TPSA) is 67.6 Å². The van der Waals surface area contributed by atoms with Gasteiger partial charge in [0.05, 0.1) is 0 Å². The standard InChI is InChI=1S/C7H12N4/c8-6(5-1-2-5)3-7-9-4-10-11-7/h4-6H,1-3,8H2,(H,9,10,11). The minimum absolute atomic E-state index is 0.281. The molecule has 11 heavy (non-hydrogen) atoms. The molecular formula is C7H12N4. The van der Waals surface area contributed by atoms with Crippen molar-refractivity contribution < 1.29 is 0 Å². The molecule has 1 aromatic rings. The minimum Gasteiger partial charge on any atom is -0.327 e. The summed E-state index contributed by atoms with van der Waals surface area (Å²) in [6.45, 7) is 0. The van der Waals surface area contributed by atoms with Crippen molar-refractivity contribution in [3.63, 3.8) is 0 Å². The van der Waals surface area contributed by atoms with E-state index in [1.807, 2.05) is 0 Å². The van der Waals surface area contributed by atoms with Crippen LogP contribution >= 0.6 is 0 Å². The predicted octanol–water partition coefficient (Wildman–Crippen LogP) is 0.0845. The van der Waals surface area contributed by atoms with E-state index < -0.39 is 0 Å². The summed E-state index contributed by atoms with van der Waals surface area (Å²) in [6.07, 6.45) is 4.93. The largest absolute Gasteiger partial charge is 0.327 e. The zero-order chi connectivity index (χ0) is 7.68. The molecule has 60 valence electrons. The fourth-order valence-electron chi connectivity index (χ4n) is 1.24. The summed E-state index contributed by atoms with van der Waals surface area (Å²) in [6, 6.07) is 0.281. The molecule has 0 spiro atoms. The van der Waals surface area contributed by atoms with Crippen molar-refractivity contribution in [2.45, 2.75) is 25.3 Å². The molecule has 3 N–H and O–H groups in total. The second-order valence-electron chi connectivity index (χ2n) is 3.14. The van der Waals surface area contributed by atoms with Crippen LogP contribution in [0, 0.1) is 5.92 Å². The van der Waals surface area contributed by atoms with E-state index in [0.717, 1.165) is 18.2 Å². The van der Waals surface area contributed by atoms with Crippen LogP contribution in [0.5, 0.6) is 0 Å². The Hall–Kier alpha value is -0.900. The summed E-state index contributed by atoms with van der Waals surface area (Å²) < 4.78 is 0. The molecule has 0 bridgehead atoms. The molecule has 0 aromatic carbocycles. The lowest BCUT2D eigenvalue weighted by atomic mass is 10.1. The second kappa shape index (κ2) is 2.62. The van der Waals surface area contributed by atoms with Crippen molar-refractivity contribution >= 4 is 0 Å². The first-order valence-corrected chi connectivity index (χ1v) is 3.96. The number of nitrogens with zero attached hydrogens (tertiary/aromatic N) is 2. The summed E-state index contributed by atoms with van der Waals surface area (Å²) in [7, 11) is 0. The van der Waals surface area contributed by atoms with Crippen molar-refractivity contribution in [1.82, 2.24) is 15.2 Å². The van der Waals surface area contributed by atoms with Gasteiger partial charge in [-0.3, -0.25) is 5.10 Å². The second-order valence-corrected chi connectivity index (χ2v) is 3.14. The molecule has 1 aliphatic carbocycles. The van der Waals surface area contributed by atoms with Gasteiger partial charge >= 0.3 is 0 Å². The Morgan fingerprint density at radius 1 is 1.73 bits per heavy atom. The fourth-order valence-corrected chi connectivity index (χ4v) is 1.24. The van der Waals surface area contributed by atoms with Gasteiger partial charge in [0, 0.05) is 12.5 Å². The van der Waals surface area contributed by atoms with Crippen molar-refractivity contribution in [1.29, 1.82) is 0 Å². The highest BCUT2D eigenvalue weighted by atomic mass is 15.2. The molecule has 1 aromatic heterocycles. The molecule has 0 aliphatic heterocycles. The van der Waals surface area contributed by atoms with Gasteiger partial charge < -0.3 is 5.73 Å². The maximum atomic E-state index is 5.88. The molecule has 1 heterocycles. The number of H-pyrrole nitrogens is 1. The van der Waals surface area contributed by atoms with Gasteiger partial charge in [0.2, 0.25) is 0 Å². The third kappa shape index (κ3) is 1.57. The number of aromatic amines is 1. The highest BCUT2D eigenvalue weighted by Gasteiger charge is 2.28. The van der Waals surface area contributed by atoms with Crippen LogP contribution in [0.25, 0.3) is 0 Å².